The molecule has 3 rings (SSSR count). The van der Waals surface area contributed by atoms with Gasteiger partial charge in [-0.25, -0.2) is 4.98 Å². The molecule has 2 heterocycles. The van der Waals surface area contributed by atoms with Crippen LogP contribution in [0.4, 0.5) is 5.69 Å². The van der Waals surface area contributed by atoms with Crippen LogP contribution in [0.2, 0.25) is 0 Å². The van der Waals surface area contributed by atoms with Crippen LogP contribution in [0.15, 0.2) is 30.7 Å². The van der Waals surface area contributed by atoms with E-state index in [-0.39, 0.29) is 0 Å². The van der Waals surface area contributed by atoms with E-state index in [0.717, 1.165) is 43.1 Å². The molecule has 5 heteroatoms. The van der Waals surface area contributed by atoms with Gasteiger partial charge in [-0.2, -0.15) is 0 Å². The number of nitrogens with zero attached hydrogens (tertiary/aromatic N) is 3. The van der Waals surface area contributed by atoms with Crippen molar-refractivity contribution in [1.82, 2.24) is 14.5 Å². The van der Waals surface area contributed by atoms with Crippen LogP contribution in [0.1, 0.15) is 24.1 Å². The maximum atomic E-state index is 6.06. The lowest BCUT2D eigenvalue weighted by Crippen LogP contribution is -2.42. The maximum Gasteiger partial charge on any atom is 0.0995 e. The predicted octanol–water partition coefficient (Wildman–Crippen LogP) is 1.69. The lowest BCUT2D eigenvalue weighted by Gasteiger charge is -2.30. The number of rotatable bonds is 3. The summed E-state index contributed by atoms with van der Waals surface area (Å²) in [5.74, 6) is 0. The number of piperidine rings is 1. The van der Waals surface area contributed by atoms with Gasteiger partial charge >= 0.3 is 0 Å². The van der Waals surface area contributed by atoms with E-state index in [1.807, 2.05) is 36.1 Å². The van der Waals surface area contributed by atoms with Gasteiger partial charge in [0.05, 0.1) is 12.0 Å². The summed E-state index contributed by atoms with van der Waals surface area (Å²) < 4.78 is 2.01. The third kappa shape index (κ3) is 3.43. The largest absolute Gasteiger partial charge is 0.399 e. The maximum absolute atomic E-state index is 6.06. The molecule has 1 unspecified atom stereocenters. The molecule has 0 bridgehead atoms. The van der Waals surface area contributed by atoms with Crippen LogP contribution in [0, 0.1) is 6.92 Å². The first-order valence-electron chi connectivity index (χ1n) is 7.48. The van der Waals surface area contributed by atoms with Crippen molar-refractivity contribution in [3.05, 3.63) is 42.0 Å². The molecule has 5 nitrogen and oxygen atoms in total. The van der Waals surface area contributed by atoms with E-state index >= 15 is 0 Å². The zero-order chi connectivity index (χ0) is 14.8. The van der Waals surface area contributed by atoms with Crippen molar-refractivity contribution in [2.75, 3.05) is 18.8 Å². The van der Waals surface area contributed by atoms with Crippen molar-refractivity contribution >= 4 is 5.69 Å². The van der Waals surface area contributed by atoms with Gasteiger partial charge in [-0.05, 0) is 50.1 Å². The summed E-state index contributed by atoms with van der Waals surface area (Å²) in [6, 6.07) is 6.51. The van der Waals surface area contributed by atoms with E-state index < -0.39 is 0 Å². The molecule has 4 N–H and O–H groups in total. The molecule has 112 valence electrons. The smallest absolute Gasteiger partial charge is 0.0995 e. The van der Waals surface area contributed by atoms with Crippen LogP contribution in [0.25, 0.3) is 5.69 Å². The van der Waals surface area contributed by atoms with Crippen molar-refractivity contribution in [2.24, 2.45) is 5.73 Å². The summed E-state index contributed by atoms with van der Waals surface area (Å²) >= 11 is 0. The minimum Gasteiger partial charge on any atom is -0.399 e. The normalized spacial score (nSPS) is 19.8. The van der Waals surface area contributed by atoms with E-state index in [2.05, 4.69) is 16.0 Å². The zero-order valence-corrected chi connectivity index (χ0v) is 12.5. The first kappa shape index (κ1) is 14.1. The molecule has 1 atom stereocenters. The number of nitrogen functional groups attached to an aromatic ring is 1. The van der Waals surface area contributed by atoms with Crippen LogP contribution in [-0.4, -0.2) is 33.6 Å². The second kappa shape index (κ2) is 5.87. The molecular formula is C16H23N5. The van der Waals surface area contributed by atoms with Crippen molar-refractivity contribution in [3.8, 4) is 5.69 Å². The lowest BCUT2D eigenvalue weighted by molar-refractivity contribution is 0.201. The summed E-state index contributed by atoms with van der Waals surface area (Å²) in [5.41, 5.74) is 16.2. The SMILES string of the molecule is Cc1cn(-c2cc(N)cc(CN3CCCC(N)C3)c2)cn1. The highest BCUT2D eigenvalue weighted by Gasteiger charge is 2.17. The Morgan fingerprint density at radius 1 is 1.33 bits per heavy atom. The molecule has 0 saturated carbocycles. The van der Waals surface area contributed by atoms with Crippen LogP contribution >= 0.6 is 0 Å². The molecule has 0 amide bonds. The standard InChI is InChI=1S/C16H23N5/c1-12-8-21(11-19-12)16-6-13(5-15(18)7-16)9-20-4-2-3-14(17)10-20/h5-8,11,14H,2-4,9-10,17-18H2,1H3. The molecule has 1 aromatic heterocycles. The van der Waals surface area contributed by atoms with E-state index in [0.29, 0.717) is 6.04 Å². The van der Waals surface area contributed by atoms with Crippen molar-refractivity contribution in [2.45, 2.75) is 32.4 Å². The Morgan fingerprint density at radius 3 is 2.90 bits per heavy atom. The van der Waals surface area contributed by atoms with Gasteiger partial charge < -0.3 is 16.0 Å². The molecule has 0 radical (unpaired) electrons. The minimum absolute atomic E-state index is 0.301. The first-order chi connectivity index (χ1) is 10.1. The number of anilines is 1. The predicted molar refractivity (Wildman–Crippen MR) is 85.2 cm³/mol. The van der Waals surface area contributed by atoms with Gasteiger partial charge in [-0.15, -0.1) is 0 Å². The molecule has 2 aromatic rings. The second-order valence-corrected chi connectivity index (χ2v) is 5.99. The Balaban J connectivity index is 1.81. The lowest BCUT2D eigenvalue weighted by atomic mass is 10.1. The average molecular weight is 285 g/mol. The van der Waals surface area contributed by atoms with Crippen molar-refractivity contribution in [3.63, 3.8) is 0 Å². The third-order valence-corrected chi connectivity index (χ3v) is 3.96. The Labute approximate surface area is 125 Å². The molecule has 1 aliphatic heterocycles. The summed E-state index contributed by atoms with van der Waals surface area (Å²) in [7, 11) is 0. The van der Waals surface area contributed by atoms with Crippen LogP contribution in [0.3, 0.4) is 0 Å². The number of likely N-dealkylation sites (tertiary alicyclic amines) is 1. The molecule has 1 fully saturated rings. The molecule has 1 aromatic carbocycles. The molecule has 0 aliphatic carbocycles. The number of aromatic nitrogens is 2. The van der Waals surface area contributed by atoms with Crippen LogP contribution in [0.5, 0.6) is 0 Å². The third-order valence-electron chi connectivity index (χ3n) is 3.96. The Kier molecular flexibility index (Phi) is 3.94. The Morgan fingerprint density at radius 2 is 2.19 bits per heavy atom. The summed E-state index contributed by atoms with van der Waals surface area (Å²) in [6.07, 6.45) is 6.14. The van der Waals surface area contributed by atoms with Crippen LogP contribution in [-0.2, 0) is 6.54 Å². The number of hydrogen-bond acceptors (Lipinski definition) is 4. The Hall–Kier alpha value is -1.85. The summed E-state index contributed by atoms with van der Waals surface area (Å²) in [5, 5.41) is 0. The van der Waals surface area contributed by atoms with Crippen LogP contribution < -0.4 is 11.5 Å². The topological polar surface area (TPSA) is 73.1 Å². The Bertz CT molecular complexity index is 619. The first-order valence-corrected chi connectivity index (χ1v) is 7.48. The fourth-order valence-electron chi connectivity index (χ4n) is 3.00. The van der Waals surface area contributed by atoms with Crippen molar-refractivity contribution in [1.29, 1.82) is 0 Å². The number of benzene rings is 1. The average Bonchev–Trinajstić information content (AvgIpc) is 2.85. The number of nitrogens with two attached hydrogens (primary N) is 2. The quantitative estimate of drug-likeness (QED) is 0.842. The number of hydrogen-bond donors (Lipinski definition) is 2. The second-order valence-electron chi connectivity index (χ2n) is 5.99. The molecule has 1 saturated heterocycles. The van der Waals surface area contributed by atoms with Gasteiger partial charge in [0.15, 0.2) is 0 Å². The minimum atomic E-state index is 0.301. The van der Waals surface area contributed by atoms with Gasteiger partial charge in [0.2, 0.25) is 0 Å². The van der Waals surface area contributed by atoms with Gasteiger partial charge in [0.1, 0.15) is 0 Å². The van der Waals surface area contributed by atoms with E-state index in [1.54, 1.807) is 0 Å². The number of imidazole rings is 1. The number of aryl methyl sites for hydroxylation is 1. The van der Waals surface area contributed by atoms with Crippen molar-refractivity contribution < 1.29 is 0 Å². The highest BCUT2D eigenvalue weighted by molar-refractivity contribution is 5.51. The van der Waals surface area contributed by atoms with Gasteiger partial charge in [0, 0.05) is 36.7 Å². The van der Waals surface area contributed by atoms with E-state index in [1.165, 1.54) is 12.0 Å². The fourth-order valence-corrected chi connectivity index (χ4v) is 3.00. The molecule has 21 heavy (non-hydrogen) atoms. The molecular weight excluding hydrogens is 262 g/mol. The molecule has 1 aliphatic rings. The highest BCUT2D eigenvalue weighted by Crippen LogP contribution is 2.19. The van der Waals surface area contributed by atoms with E-state index in [4.69, 9.17) is 11.5 Å². The molecule has 0 spiro atoms. The highest BCUT2D eigenvalue weighted by atomic mass is 15.1. The van der Waals surface area contributed by atoms with E-state index in [9.17, 15) is 0 Å². The van der Waals surface area contributed by atoms with Gasteiger partial charge in [-0.1, -0.05) is 0 Å². The van der Waals surface area contributed by atoms with Gasteiger partial charge in [0.25, 0.3) is 0 Å². The summed E-state index contributed by atoms with van der Waals surface area (Å²) in [6.45, 7) is 4.97. The monoisotopic (exact) mass is 285 g/mol. The fraction of sp³-hybridized carbons (Fsp3) is 0.438. The zero-order valence-electron chi connectivity index (χ0n) is 12.5. The summed E-state index contributed by atoms with van der Waals surface area (Å²) in [4.78, 5) is 6.68. The van der Waals surface area contributed by atoms with Gasteiger partial charge in [-0.3, -0.25) is 4.90 Å².